The van der Waals surface area contributed by atoms with E-state index in [9.17, 15) is 4.79 Å². The minimum atomic E-state index is -0.133. The fourth-order valence-corrected chi connectivity index (χ4v) is 4.91. The molecule has 3 unspecified atom stereocenters. The van der Waals surface area contributed by atoms with Gasteiger partial charge in [-0.2, -0.15) is 0 Å². The average molecular weight is 388 g/mol. The molecule has 1 N–H and O–H groups in total. The van der Waals surface area contributed by atoms with Crippen LogP contribution >= 0.6 is 11.8 Å². The molecule has 0 saturated carbocycles. The van der Waals surface area contributed by atoms with Crippen molar-refractivity contribution in [1.82, 2.24) is 5.32 Å². The number of thioether (sulfide) groups is 1. The molecule has 1 aliphatic rings. The summed E-state index contributed by atoms with van der Waals surface area (Å²) in [6, 6.07) is 27.3. The summed E-state index contributed by atoms with van der Waals surface area (Å²) >= 11 is 1.67. The van der Waals surface area contributed by atoms with Crippen molar-refractivity contribution < 1.29 is 4.79 Å². The molecule has 3 heteroatoms. The van der Waals surface area contributed by atoms with E-state index in [4.69, 9.17) is 0 Å². The Labute approximate surface area is 171 Å². The van der Waals surface area contributed by atoms with E-state index >= 15 is 0 Å². The van der Waals surface area contributed by atoms with Gasteiger partial charge in [-0.15, -0.1) is 11.8 Å². The van der Waals surface area contributed by atoms with Gasteiger partial charge in [-0.1, -0.05) is 77.9 Å². The van der Waals surface area contributed by atoms with Crippen LogP contribution in [0, 0.1) is 13.8 Å². The zero-order valence-electron chi connectivity index (χ0n) is 16.3. The Balaban J connectivity index is 1.66. The summed E-state index contributed by atoms with van der Waals surface area (Å²) in [6.45, 7) is 4.18. The molecular formula is C25H25NOS. The van der Waals surface area contributed by atoms with Crippen molar-refractivity contribution in [1.29, 1.82) is 0 Å². The molecule has 3 atom stereocenters. The van der Waals surface area contributed by atoms with E-state index in [2.05, 4.69) is 79.8 Å². The van der Waals surface area contributed by atoms with Gasteiger partial charge in [0.15, 0.2) is 0 Å². The molecule has 142 valence electrons. The van der Waals surface area contributed by atoms with Gasteiger partial charge < -0.3 is 5.32 Å². The first-order valence-corrected chi connectivity index (χ1v) is 10.6. The first kappa shape index (κ1) is 19.0. The van der Waals surface area contributed by atoms with Crippen molar-refractivity contribution in [2.75, 3.05) is 0 Å². The summed E-state index contributed by atoms with van der Waals surface area (Å²) in [5, 5.41) is 3.65. The Morgan fingerprint density at radius 1 is 0.786 bits per heavy atom. The van der Waals surface area contributed by atoms with Gasteiger partial charge in [0.25, 0.3) is 0 Å². The summed E-state index contributed by atoms with van der Waals surface area (Å²) < 4.78 is 0. The average Bonchev–Trinajstić information content (AvgIpc) is 2.71. The van der Waals surface area contributed by atoms with E-state index in [0.29, 0.717) is 12.2 Å². The third kappa shape index (κ3) is 4.21. The molecule has 3 aromatic carbocycles. The minimum Gasteiger partial charge on any atom is -0.301 e. The Morgan fingerprint density at radius 3 is 1.96 bits per heavy atom. The maximum absolute atomic E-state index is 13.2. The van der Waals surface area contributed by atoms with Gasteiger partial charge in [0.05, 0.1) is 11.3 Å². The predicted octanol–water partition coefficient (Wildman–Crippen LogP) is 5.81. The van der Waals surface area contributed by atoms with Crippen molar-refractivity contribution in [2.45, 2.75) is 42.5 Å². The molecule has 28 heavy (non-hydrogen) atoms. The van der Waals surface area contributed by atoms with Gasteiger partial charge in [0.2, 0.25) is 0 Å². The van der Waals surface area contributed by atoms with Gasteiger partial charge in [-0.3, -0.25) is 4.79 Å². The zero-order valence-corrected chi connectivity index (χ0v) is 17.1. The Morgan fingerprint density at radius 2 is 1.36 bits per heavy atom. The van der Waals surface area contributed by atoms with Crippen LogP contribution in [0.4, 0.5) is 0 Å². The maximum Gasteiger partial charge on any atom is 0.150 e. The first-order valence-electron chi connectivity index (χ1n) is 9.74. The van der Waals surface area contributed by atoms with Crippen LogP contribution in [0.3, 0.4) is 0 Å². The molecule has 0 radical (unpaired) electrons. The fourth-order valence-electron chi connectivity index (χ4n) is 3.70. The van der Waals surface area contributed by atoms with Gasteiger partial charge >= 0.3 is 0 Å². The number of hydrogen-bond acceptors (Lipinski definition) is 3. The number of piperidine rings is 1. The van der Waals surface area contributed by atoms with Gasteiger partial charge in [-0.05, 0) is 37.1 Å². The molecule has 0 amide bonds. The molecular weight excluding hydrogens is 362 g/mol. The van der Waals surface area contributed by atoms with Crippen LogP contribution in [0.1, 0.15) is 40.8 Å². The van der Waals surface area contributed by atoms with Crippen molar-refractivity contribution in [3.05, 3.63) is 101 Å². The zero-order chi connectivity index (χ0) is 19.5. The Hall–Kier alpha value is -2.36. The van der Waals surface area contributed by atoms with E-state index in [1.54, 1.807) is 11.8 Å². The number of benzene rings is 3. The standard InChI is InChI=1S/C25H25NOS/c1-17-8-12-19(13-9-17)22-16-23(27)25(28-21-6-4-3-5-7-21)24(26-22)20-14-10-18(2)11-15-20/h3-15,22,24-26H,16H2,1-2H3. The lowest BCUT2D eigenvalue weighted by Crippen LogP contribution is -2.44. The fraction of sp³-hybridized carbons (Fsp3) is 0.240. The highest BCUT2D eigenvalue weighted by atomic mass is 32.2. The lowest BCUT2D eigenvalue weighted by atomic mass is 9.88. The summed E-state index contributed by atoms with van der Waals surface area (Å²) in [5.74, 6) is 0.309. The number of carbonyl (C=O) groups is 1. The highest BCUT2D eigenvalue weighted by Crippen LogP contribution is 2.40. The molecule has 3 aromatic rings. The van der Waals surface area contributed by atoms with Gasteiger partial charge in [0.1, 0.15) is 5.78 Å². The molecule has 1 fully saturated rings. The normalized spacial score (nSPS) is 22.2. The molecule has 0 aromatic heterocycles. The molecule has 2 nitrogen and oxygen atoms in total. The number of carbonyl (C=O) groups excluding carboxylic acids is 1. The van der Waals surface area contributed by atoms with E-state index in [-0.39, 0.29) is 17.3 Å². The number of rotatable bonds is 4. The van der Waals surface area contributed by atoms with Crippen LogP contribution in [-0.4, -0.2) is 11.0 Å². The second kappa shape index (κ2) is 8.34. The molecule has 0 spiro atoms. The van der Waals surface area contributed by atoms with E-state index in [1.807, 2.05) is 18.2 Å². The van der Waals surface area contributed by atoms with Gasteiger partial charge in [0, 0.05) is 17.4 Å². The lowest BCUT2D eigenvalue weighted by molar-refractivity contribution is -0.121. The lowest BCUT2D eigenvalue weighted by Gasteiger charge is -2.37. The number of nitrogens with one attached hydrogen (secondary N) is 1. The van der Waals surface area contributed by atoms with Crippen LogP contribution < -0.4 is 5.32 Å². The second-order valence-corrected chi connectivity index (χ2v) is 8.76. The van der Waals surface area contributed by atoms with Crippen LogP contribution in [0.2, 0.25) is 0 Å². The summed E-state index contributed by atoms with van der Waals surface area (Å²) in [6.07, 6.45) is 0.524. The quantitative estimate of drug-likeness (QED) is 0.612. The Kier molecular flexibility index (Phi) is 5.65. The maximum atomic E-state index is 13.2. The third-order valence-electron chi connectivity index (χ3n) is 5.33. The number of aryl methyl sites for hydroxylation is 2. The smallest absolute Gasteiger partial charge is 0.150 e. The van der Waals surface area contributed by atoms with Crippen molar-refractivity contribution in [3.63, 3.8) is 0 Å². The van der Waals surface area contributed by atoms with Crippen molar-refractivity contribution in [2.24, 2.45) is 0 Å². The topological polar surface area (TPSA) is 29.1 Å². The number of hydrogen-bond donors (Lipinski definition) is 1. The first-order chi connectivity index (χ1) is 13.6. The van der Waals surface area contributed by atoms with Crippen molar-refractivity contribution >= 4 is 17.5 Å². The summed E-state index contributed by atoms with van der Waals surface area (Å²) in [7, 11) is 0. The number of ketones is 1. The predicted molar refractivity (Wildman–Crippen MR) is 117 cm³/mol. The second-order valence-electron chi connectivity index (χ2n) is 7.54. The van der Waals surface area contributed by atoms with Crippen LogP contribution in [0.25, 0.3) is 0 Å². The largest absolute Gasteiger partial charge is 0.301 e. The molecule has 0 aliphatic carbocycles. The monoisotopic (exact) mass is 387 g/mol. The third-order valence-corrected chi connectivity index (χ3v) is 6.66. The van der Waals surface area contributed by atoms with Crippen LogP contribution in [-0.2, 0) is 4.79 Å². The van der Waals surface area contributed by atoms with E-state index < -0.39 is 0 Å². The van der Waals surface area contributed by atoms with E-state index in [0.717, 1.165) is 4.90 Å². The highest BCUT2D eigenvalue weighted by molar-refractivity contribution is 8.00. The molecule has 1 saturated heterocycles. The Bertz CT molecular complexity index is 935. The molecule has 4 rings (SSSR count). The van der Waals surface area contributed by atoms with Gasteiger partial charge in [-0.25, -0.2) is 0 Å². The highest BCUT2D eigenvalue weighted by Gasteiger charge is 2.38. The molecule has 1 heterocycles. The van der Waals surface area contributed by atoms with Crippen LogP contribution in [0.15, 0.2) is 83.8 Å². The van der Waals surface area contributed by atoms with Crippen LogP contribution in [0.5, 0.6) is 0 Å². The summed E-state index contributed by atoms with van der Waals surface area (Å²) in [5.41, 5.74) is 4.81. The summed E-state index contributed by atoms with van der Waals surface area (Å²) in [4.78, 5) is 14.4. The number of Topliss-reactive ketones (excluding diaryl/α,β-unsaturated/α-hetero) is 1. The van der Waals surface area contributed by atoms with Crippen molar-refractivity contribution in [3.8, 4) is 0 Å². The SMILES string of the molecule is Cc1ccc(C2CC(=O)C(Sc3ccccc3)C(c3ccc(C)cc3)N2)cc1. The molecule has 0 bridgehead atoms. The van der Waals surface area contributed by atoms with E-state index in [1.165, 1.54) is 22.3 Å². The minimum absolute atomic E-state index is 0.0154. The molecule has 1 aliphatic heterocycles.